The van der Waals surface area contributed by atoms with Gasteiger partial charge in [0.05, 0.1) is 11.7 Å². The van der Waals surface area contributed by atoms with Gasteiger partial charge in [-0.2, -0.15) is 0 Å². The van der Waals surface area contributed by atoms with Crippen LogP contribution in [0.5, 0.6) is 0 Å². The van der Waals surface area contributed by atoms with Crippen molar-refractivity contribution in [2.45, 2.75) is 32.9 Å². The number of aromatic nitrogens is 1. The van der Waals surface area contributed by atoms with E-state index in [4.69, 9.17) is 0 Å². The van der Waals surface area contributed by atoms with Crippen LogP contribution in [-0.2, 0) is 4.79 Å². The van der Waals surface area contributed by atoms with Gasteiger partial charge in [-0.3, -0.25) is 15.1 Å². The maximum absolute atomic E-state index is 11.5. The van der Waals surface area contributed by atoms with Crippen molar-refractivity contribution >= 4 is 5.91 Å². The van der Waals surface area contributed by atoms with Gasteiger partial charge in [0.25, 0.3) is 0 Å². The number of carbonyl (C=O) groups excluding carboxylic acids is 1. The molecule has 0 aromatic carbocycles. The normalized spacial score (nSPS) is 14.2. The molecular weight excluding hydrogens is 202 g/mol. The quantitative estimate of drug-likeness (QED) is 0.787. The molecule has 0 bridgehead atoms. The van der Waals surface area contributed by atoms with Crippen LogP contribution in [0.25, 0.3) is 0 Å². The third kappa shape index (κ3) is 3.62. The molecule has 0 fully saturated rings. The minimum Gasteiger partial charge on any atom is -0.355 e. The van der Waals surface area contributed by atoms with E-state index in [0.29, 0.717) is 6.54 Å². The van der Waals surface area contributed by atoms with Crippen molar-refractivity contribution in [2.24, 2.45) is 0 Å². The van der Waals surface area contributed by atoms with E-state index in [1.807, 2.05) is 39.0 Å². The molecule has 0 spiro atoms. The number of amides is 1. The zero-order valence-corrected chi connectivity index (χ0v) is 10.0. The van der Waals surface area contributed by atoms with Crippen molar-refractivity contribution in [3.63, 3.8) is 0 Å². The summed E-state index contributed by atoms with van der Waals surface area (Å²) in [5, 5.41) is 5.99. The Morgan fingerprint density at radius 1 is 1.44 bits per heavy atom. The van der Waals surface area contributed by atoms with E-state index < -0.39 is 0 Å². The monoisotopic (exact) mass is 221 g/mol. The number of nitrogens with one attached hydrogen (secondary N) is 2. The highest BCUT2D eigenvalue weighted by atomic mass is 16.2. The maximum Gasteiger partial charge on any atom is 0.236 e. The molecule has 16 heavy (non-hydrogen) atoms. The summed E-state index contributed by atoms with van der Waals surface area (Å²) in [5.74, 6) is 0.0188. The molecule has 0 saturated carbocycles. The fourth-order valence-corrected chi connectivity index (χ4v) is 1.50. The van der Waals surface area contributed by atoms with Crippen molar-refractivity contribution in [1.82, 2.24) is 15.6 Å². The average molecular weight is 221 g/mol. The highest BCUT2D eigenvalue weighted by Gasteiger charge is 2.15. The van der Waals surface area contributed by atoms with Crippen molar-refractivity contribution in [3.8, 4) is 0 Å². The Labute approximate surface area is 96.5 Å². The molecular formula is C12H19N3O. The van der Waals surface area contributed by atoms with Gasteiger partial charge in [0.2, 0.25) is 5.91 Å². The summed E-state index contributed by atoms with van der Waals surface area (Å²) in [4.78, 5) is 15.8. The topological polar surface area (TPSA) is 54.0 Å². The van der Waals surface area contributed by atoms with Gasteiger partial charge in [0.1, 0.15) is 0 Å². The van der Waals surface area contributed by atoms with Gasteiger partial charge >= 0.3 is 0 Å². The van der Waals surface area contributed by atoms with Gasteiger partial charge in [0, 0.05) is 18.8 Å². The summed E-state index contributed by atoms with van der Waals surface area (Å²) in [6.45, 7) is 6.41. The molecule has 1 heterocycles. The number of pyridine rings is 1. The Morgan fingerprint density at radius 3 is 2.75 bits per heavy atom. The van der Waals surface area contributed by atoms with Gasteiger partial charge in [-0.25, -0.2) is 0 Å². The largest absolute Gasteiger partial charge is 0.355 e. The molecule has 88 valence electrons. The summed E-state index contributed by atoms with van der Waals surface area (Å²) in [6, 6.07) is 5.62. The van der Waals surface area contributed by atoms with Crippen molar-refractivity contribution in [3.05, 3.63) is 30.1 Å². The van der Waals surface area contributed by atoms with E-state index >= 15 is 0 Å². The molecule has 2 atom stereocenters. The molecule has 1 aromatic heterocycles. The van der Waals surface area contributed by atoms with Gasteiger partial charge in [-0.1, -0.05) is 6.07 Å². The van der Waals surface area contributed by atoms with Crippen molar-refractivity contribution in [2.75, 3.05) is 6.54 Å². The molecule has 4 heteroatoms. The highest BCUT2D eigenvalue weighted by molar-refractivity contribution is 5.81. The second kappa shape index (κ2) is 6.23. The highest BCUT2D eigenvalue weighted by Crippen LogP contribution is 2.08. The first-order valence-corrected chi connectivity index (χ1v) is 5.59. The SMILES string of the molecule is CCNC(=O)C(C)NC(C)c1ccccn1. The summed E-state index contributed by atoms with van der Waals surface area (Å²) in [7, 11) is 0. The molecule has 0 aliphatic carbocycles. The lowest BCUT2D eigenvalue weighted by Crippen LogP contribution is -2.43. The Bertz CT molecular complexity index is 326. The maximum atomic E-state index is 11.5. The minimum atomic E-state index is -0.211. The molecule has 1 amide bonds. The molecule has 0 saturated heterocycles. The number of nitrogens with zero attached hydrogens (tertiary/aromatic N) is 1. The Balaban J connectivity index is 2.51. The molecule has 2 N–H and O–H groups in total. The molecule has 0 aliphatic rings. The predicted molar refractivity (Wildman–Crippen MR) is 63.9 cm³/mol. The summed E-state index contributed by atoms with van der Waals surface area (Å²) < 4.78 is 0. The third-order valence-corrected chi connectivity index (χ3v) is 2.38. The number of hydrogen-bond donors (Lipinski definition) is 2. The van der Waals surface area contributed by atoms with Crippen molar-refractivity contribution in [1.29, 1.82) is 0 Å². The van der Waals surface area contributed by atoms with E-state index in [1.54, 1.807) is 6.20 Å². The minimum absolute atomic E-state index is 0.0188. The first-order valence-electron chi connectivity index (χ1n) is 5.59. The Hall–Kier alpha value is -1.42. The van der Waals surface area contributed by atoms with Crippen molar-refractivity contribution < 1.29 is 4.79 Å². The van der Waals surface area contributed by atoms with Gasteiger partial charge in [0.15, 0.2) is 0 Å². The van der Waals surface area contributed by atoms with Gasteiger partial charge in [-0.05, 0) is 32.9 Å². The molecule has 4 nitrogen and oxygen atoms in total. The van der Waals surface area contributed by atoms with Crippen LogP contribution in [0.1, 0.15) is 32.5 Å². The van der Waals surface area contributed by atoms with Crippen LogP contribution in [0.15, 0.2) is 24.4 Å². The van der Waals surface area contributed by atoms with E-state index in [9.17, 15) is 4.79 Å². The molecule has 0 radical (unpaired) electrons. The lowest BCUT2D eigenvalue weighted by atomic mass is 10.2. The predicted octanol–water partition coefficient (Wildman–Crippen LogP) is 1.26. The third-order valence-electron chi connectivity index (χ3n) is 2.38. The van der Waals surface area contributed by atoms with Crippen LogP contribution in [0.2, 0.25) is 0 Å². The fraction of sp³-hybridized carbons (Fsp3) is 0.500. The van der Waals surface area contributed by atoms with Crippen LogP contribution >= 0.6 is 0 Å². The zero-order valence-electron chi connectivity index (χ0n) is 10.0. The number of hydrogen-bond acceptors (Lipinski definition) is 3. The van der Waals surface area contributed by atoms with Crippen LogP contribution in [-0.4, -0.2) is 23.5 Å². The lowest BCUT2D eigenvalue weighted by Gasteiger charge is -2.18. The summed E-state index contributed by atoms with van der Waals surface area (Å²) >= 11 is 0. The van der Waals surface area contributed by atoms with E-state index in [2.05, 4.69) is 15.6 Å². The van der Waals surface area contributed by atoms with Crippen LogP contribution in [0.4, 0.5) is 0 Å². The number of likely N-dealkylation sites (N-methyl/N-ethyl adjacent to an activating group) is 1. The molecule has 2 unspecified atom stereocenters. The standard InChI is InChI=1S/C12H19N3O/c1-4-13-12(16)10(3)15-9(2)11-7-5-6-8-14-11/h5-10,15H,4H2,1-3H3,(H,13,16). The van der Waals surface area contributed by atoms with E-state index in [-0.39, 0.29) is 18.0 Å². The first kappa shape index (κ1) is 12.6. The Morgan fingerprint density at radius 2 is 2.19 bits per heavy atom. The second-order valence-corrected chi connectivity index (χ2v) is 3.76. The van der Waals surface area contributed by atoms with Crippen LogP contribution in [0.3, 0.4) is 0 Å². The fourth-order valence-electron chi connectivity index (χ4n) is 1.50. The zero-order chi connectivity index (χ0) is 12.0. The number of rotatable bonds is 5. The average Bonchev–Trinajstić information content (AvgIpc) is 2.30. The molecule has 0 aliphatic heterocycles. The van der Waals surface area contributed by atoms with E-state index in [1.165, 1.54) is 0 Å². The van der Waals surface area contributed by atoms with E-state index in [0.717, 1.165) is 5.69 Å². The first-order chi connectivity index (χ1) is 7.65. The number of carbonyl (C=O) groups is 1. The molecule has 1 aromatic rings. The van der Waals surface area contributed by atoms with Crippen LogP contribution in [0, 0.1) is 0 Å². The lowest BCUT2D eigenvalue weighted by molar-refractivity contribution is -0.122. The smallest absolute Gasteiger partial charge is 0.236 e. The van der Waals surface area contributed by atoms with Gasteiger partial charge in [-0.15, -0.1) is 0 Å². The molecule has 1 rings (SSSR count). The van der Waals surface area contributed by atoms with Gasteiger partial charge < -0.3 is 5.32 Å². The van der Waals surface area contributed by atoms with Crippen LogP contribution < -0.4 is 10.6 Å². The Kier molecular flexibility index (Phi) is 4.92. The summed E-state index contributed by atoms with van der Waals surface area (Å²) in [5.41, 5.74) is 0.943. The second-order valence-electron chi connectivity index (χ2n) is 3.76. The summed E-state index contributed by atoms with van der Waals surface area (Å²) in [6.07, 6.45) is 1.75.